The van der Waals surface area contributed by atoms with Crippen LogP contribution in [0.3, 0.4) is 0 Å². The summed E-state index contributed by atoms with van der Waals surface area (Å²) in [5, 5.41) is 0. The lowest BCUT2D eigenvalue weighted by molar-refractivity contribution is 0.0299. The Morgan fingerprint density at radius 1 is 1.38 bits per heavy atom. The first-order valence-corrected chi connectivity index (χ1v) is 5.32. The lowest BCUT2D eigenvalue weighted by Gasteiger charge is -2.27. The van der Waals surface area contributed by atoms with Crippen LogP contribution in [0.1, 0.15) is 15.9 Å². The minimum atomic E-state index is -0.418. The molecule has 1 amide bonds. The van der Waals surface area contributed by atoms with Gasteiger partial charge in [0.15, 0.2) is 0 Å². The van der Waals surface area contributed by atoms with Crippen LogP contribution in [0.15, 0.2) is 18.2 Å². The Bertz CT molecular complexity index is 400. The monoisotopic (exact) mass is 223 g/mol. The summed E-state index contributed by atoms with van der Waals surface area (Å²) in [6.07, 6.45) is 0. The van der Waals surface area contributed by atoms with Crippen molar-refractivity contribution in [3.63, 3.8) is 0 Å². The minimum absolute atomic E-state index is 0.155. The van der Waals surface area contributed by atoms with Gasteiger partial charge >= 0.3 is 0 Å². The van der Waals surface area contributed by atoms with Gasteiger partial charge in [-0.15, -0.1) is 0 Å². The van der Waals surface area contributed by atoms with E-state index < -0.39 is 5.82 Å². The Morgan fingerprint density at radius 3 is 2.75 bits per heavy atom. The van der Waals surface area contributed by atoms with E-state index in [1.165, 1.54) is 6.07 Å². The smallest absolute Gasteiger partial charge is 0.256 e. The first kappa shape index (κ1) is 11.1. The van der Waals surface area contributed by atoms with Crippen molar-refractivity contribution >= 4 is 5.91 Å². The molecule has 0 aromatic heterocycles. The molecule has 1 aliphatic rings. The number of amides is 1. The largest absolute Gasteiger partial charge is 0.378 e. The summed E-state index contributed by atoms with van der Waals surface area (Å²) in [5.74, 6) is -0.663. The average Bonchev–Trinajstić information content (AvgIpc) is 2.33. The van der Waals surface area contributed by atoms with Crippen molar-refractivity contribution < 1.29 is 13.9 Å². The number of carbonyl (C=O) groups excluding carboxylic acids is 1. The van der Waals surface area contributed by atoms with Crippen molar-refractivity contribution in [2.45, 2.75) is 6.92 Å². The molecule has 1 fully saturated rings. The molecule has 0 atom stereocenters. The number of halogens is 1. The number of morpholine rings is 1. The molecule has 86 valence electrons. The molecule has 0 saturated carbocycles. The van der Waals surface area contributed by atoms with Gasteiger partial charge in [0, 0.05) is 13.1 Å². The average molecular weight is 223 g/mol. The second-order valence-electron chi connectivity index (χ2n) is 3.84. The van der Waals surface area contributed by atoms with Crippen LogP contribution in [0.25, 0.3) is 0 Å². The molecular weight excluding hydrogens is 209 g/mol. The van der Waals surface area contributed by atoms with Crippen molar-refractivity contribution in [1.82, 2.24) is 4.90 Å². The summed E-state index contributed by atoms with van der Waals surface area (Å²) in [5.41, 5.74) is 0.654. The highest BCUT2D eigenvalue weighted by molar-refractivity contribution is 5.94. The van der Waals surface area contributed by atoms with Gasteiger partial charge in [0.2, 0.25) is 0 Å². The third-order valence-corrected chi connectivity index (χ3v) is 2.72. The zero-order chi connectivity index (χ0) is 11.5. The predicted molar refractivity (Wildman–Crippen MR) is 57.9 cm³/mol. The fraction of sp³-hybridized carbons (Fsp3) is 0.417. The maximum Gasteiger partial charge on any atom is 0.256 e. The predicted octanol–water partition coefficient (Wildman–Crippen LogP) is 1.61. The van der Waals surface area contributed by atoms with Crippen molar-refractivity contribution in [3.8, 4) is 0 Å². The van der Waals surface area contributed by atoms with E-state index in [1.54, 1.807) is 24.0 Å². The van der Waals surface area contributed by atoms with E-state index in [4.69, 9.17) is 4.74 Å². The van der Waals surface area contributed by atoms with Gasteiger partial charge in [-0.05, 0) is 18.6 Å². The highest BCUT2D eigenvalue weighted by atomic mass is 19.1. The number of hydrogen-bond acceptors (Lipinski definition) is 2. The zero-order valence-electron chi connectivity index (χ0n) is 9.20. The Hall–Kier alpha value is -1.42. The summed E-state index contributed by atoms with van der Waals surface area (Å²) in [4.78, 5) is 13.6. The standard InChI is InChI=1S/C12H14FNO2/c1-9-3-2-4-10(11(9)13)12(15)14-5-7-16-8-6-14/h2-4H,5-8H2,1H3. The SMILES string of the molecule is Cc1cccc(C(=O)N2CCOCC2)c1F. The third kappa shape index (κ3) is 2.07. The number of benzene rings is 1. The number of ether oxygens (including phenoxy) is 1. The molecule has 1 heterocycles. The van der Waals surface area contributed by atoms with Crippen LogP contribution in [-0.4, -0.2) is 37.1 Å². The molecule has 0 unspecified atom stereocenters. The van der Waals surface area contributed by atoms with E-state index in [0.717, 1.165) is 0 Å². The second-order valence-corrected chi connectivity index (χ2v) is 3.84. The van der Waals surface area contributed by atoms with Gasteiger partial charge in [0.25, 0.3) is 5.91 Å². The van der Waals surface area contributed by atoms with Gasteiger partial charge in [-0.2, -0.15) is 0 Å². The van der Waals surface area contributed by atoms with Crippen LogP contribution in [0.2, 0.25) is 0 Å². The van der Waals surface area contributed by atoms with Crippen LogP contribution in [-0.2, 0) is 4.74 Å². The highest BCUT2D eigenvalue weighted by Gasteiger charge is 2.21. The van der Waals surface area contributed by atoms with Crippen LogP contribution in [0, 0.1) is 12.7 Å². The molecule has 1 aromatic carbocycles. The van der Waals surface area contributed by atoms with Crippen molar-refractivity contribution in [2.75, 3.05) is 26.3 Å². The molecule has 2 rings (SSSR count). The van der Waals surface area contributed by atoms with Gasteiger partial charge in [0.1, 0.15) is 5.82 Å². The van der Waals surface area contributed by atoms with Gasteiger partial charge in [-0.3, -0.25) is 4.79 Å². The first-order valence-electron chi connectivity index (χ1n) is 5.32. The van der Waals surface area contributed by atoms with E-state index in [9.17, 15) is 9.18 Å². The van der Waals surface area contributed by atoms with Gasteiger partial charge in [-0.25, -0.2) is 4.39 Å². The van der Waals surface area contributed by atoms with Gasteiger partial charge in [-0.1, -0.05) is 12.1 Å². The van der Waals surface area contributed by atoms with E-state index >= 15 is 0 Å². The minimum Gasteiger partial charge on any atom is -0.378 e. The van der Waals surface area contributed by atoms with Crippen LogP contribution in [0.5, 0.6) is 0 Å². The number of aryl methyl sites for hydroxylation is 1. The topological polar surface area (TPSA) is 29.5 Å². The Kier molecular flexibility index (Phi) is 3.19. The molecule has 0 aliphatic carbocycles. The van der Waals surface area contributed by atoms with E-state index in [1.807, 2.05) is 0 Å². The third-order valence-electron chi connectivity index (χ3n) is 2.72. The molecule has 16 heavy (non-hydrogen) atoms. The lowest BCUT2D eigenvalue weighted by Crippen LogP contribution is -2.41. The molecule has 1 aliphatic heterocycles. The van der Waals surface area contributed by atoms with Crippen LogP contribution < -0.4 is 0 Å². The fourth-order valence-corrected chi connectivity index (χ4v) is 1.75. The van der Waals surface area contributed by atoms with Gasteiger partial charge < -0.3 is 9.64 Å². The number of carbonyl (C=O) groups is 1. The second kappa shape index (κ2) is 4.61. The zero-order valence-corrected chi connectivity index (χ0v) is 9.20. The Balaban J connectivity index is 2.22. The first-order chi connectivity index (χ1) is 7.70. The van der Waals surface area contributed by atoms with Crippen LogP contribution >= 0.6 is 0 Å². The fourth-order valence-electron chi connectivity index (χ4n) is 1.75. The summed E-state index contributed by atoms with van der Waals surface area (Å²) in [6, 6.07) is 4.89. The van der Waals surface area contributed by atoms with E-state index in [0.29, 0.717) is 31.9 Å². The number of rotatable bonds is 1. The summed E-state index contributed by atoms with van der Waals surface area (Å²) < 4.78 is 18.9. The molecule has 3 nitrogen and oxygen atoms in total. The Morgan fingerprint density at radius 2 is 2.06 bits per heavy atom. The van der Waals surface area contributed by atoms with E-state index in [2.05, 4.69) is 0 Å². The van der Waals surface area contributed by atoms with Crippen molar-refractivity contribution in [1.29, 1.82) is 0 Å². The molecule has 1 saturated heterocycles. The van der Waals surface area contributed by atoms with Crippen molar-refractivity contribution in [2.24, 2.45) is 0 Å². The van der Waals surface area contributed by atoms with Crippen molar-refractivity contribution in [3.05, 3.63) is 35.1 Å². The molecule has 0 spiro atoms. The van der Waals surface area contributed by atoms with E-state index in [-0.39, 0.29) is 11.5 Å². The molecular formula is C12H14FNO2. The number of nitrogens with zero attached hydrogens (tertiary/aromatic N) is 1. The lowest BCUT2D eigenvalue weighted by atomic mass is 10.1. The van der Waals surface area contributed by atoms with Crippen LogP contribution in [0.4, 0.5) is 4.39 Å². The molecule has 4 heteroatoms. The summed E-state index contributed by atoms with van der Waals surface area (Å²) in [6.45, 7) is 3.78. The summed E-state index contributed by atoms with van der Waals surface area (Å²) >= 11 is 0. The normalized spacial score (nSPS) is 16.2. The quantitative estimate of drug-likeness (QED) is 0.723. The maximum absolute atomic E-state index is 13.7. The maximum atomic E-state index is 13.7. The highest BCUT2D eigenvalue weighted by Crippen LogP contribution is 2.14. The molecule has 1 aromatic rings. The molecule has 0 radical (unpaired) electrons. The van der Waals surface area contributed by atoms with Gasteiger partial charge in [0.05, 0.1) is 18.8 Å². The molecule has 0 N–H and O–H groups in total. The number of hydrogen-bond donors (Lipinski definition) is 0. The molecule has 0 bridgehead atoms. The summed E-state index contributed by atoms with van der Waals surface area (Å²) in [7, 11) is 0. The Labute approximate surface area is 93.8 Å².